The predicted molar refractivity (Wildman–Crippen MR) is 125 cm³/mol. The first-order chi connectivity index (χ1) is 16.5. The summed E-state index contributed by atoms with van der Waals surface area (Å²) in [4.78, 5) is 3.90. The van der Waals surface area contributed by atoms with E-state index in [1.54, 1.807) is 6.07 Å². The number of benzene rings is 2. The van der Waals surface area contributed by atoms with Gasteiger partial charge in [-0.15, -0.1) is 0 Å². The van der Waals surface area contributed by atoms with Gasteiger partial charge in [0.15, 0.2) is 5.96 Å². The molecule has 0 bridgehead atoms. The molecular weight excluding hydrogens is 462 g/mol. The summed E-state index contributed by atoms with van der Waals surface area (Å²) < 4.78 is 53.6. The van der Waals surface area contributed by atoms with Gasteiger partial charge in [0.05, 0.1) is 17.4 Å². The van der Waals surface area contributed by atoms with Gasteiger partial charge in [-0.1, -0.05) is 6.92 Å². The lowest BCUT2D eigenvalue weighted by atomic mass is 9.55. The third-order valence-corrected chi connectivity index (χ3v) is 8.52. The van der Waals surface area contributed by atoms with Crippen LogP contribution in [0, 0.1) is 23.1 Å². The van der Waals surface area contributed by atoms with E-state index in [9.17, 15) is 27.8 Å². The van der Waals surface area contributed by atoms with E-state index in [0.29, 0.717) is 23.6 Å². The van der Waals surface area contributed by atoms with Gasteiger partial charge >= 0.3 is 6.18 Å². The number of fused-ring (bicyclic) bond motifs is 5. The van der Waals surface area contributed by atoms with E-state index in [4.69, 9.17) is 5.73 Å². The van der Waals surface area contributed by atoms with Crippen LogP contribution in [0.1, 0.15) is 61.6 Å². The molecule has 2 aromatic carbocycles. The van der Waals surface area contributed by atoms with Gasteiger partial charge in [-0.3, -0.25) is 0 Å². The molecule has 0 aliphatic heterocycles. The lowest BCUT2D eigenvalue weighted by Gasteiger charge is -2.50. The zero-order chi connectivity index (χ0) is 25.1. The number of anilines is 1. The van der Waals surface area contributed by atoms with Crippen molar-refractivity contribution in [2.45, 2.75) is 63.6 Å². The Morgan fingerprint density at radius 2 is 1.91 bits per heavy atom. The van der Waals surface area contributed by atoms with Crippen LogP contribution in [0.25, 0.3) is 0 Å². The minimum absolute atomic E-state index is 0.0344. The number of aliphatic hydroxyl groups is 1. The SMILES string of the molecule is C[C@]12CC[C@@H]3c4c(cc(O)cc4NC(N)=Nc4ccc(F)cc4C(F)(F)F)CC[C@H]3[C@@H]1CCC2O. The second-order valence-electron chi connectivity index (χ2n) is 10.4. The Kier molecular flexibility index (Phi) is 5.74. The number of guanidine groups is 1. The fourth-order valence-electron chi connectivity index (χ4n) is 6.92. The van der Waals surface area contributed by atoms with Gasteiger partial charge < -0.3 is 21.3 Å². The Morgan fingerprint density at radius 3 is 2.66 bits per heavy atom. The van der Waals surface area contributed by atoms with Crippen molar-refractivity contribution in [3.63, 3.8) is 0 Å². The minimum atomic E-state index is -4.79. The van der Waals surface area contributed by atoms with Crippen molar-refractivity contribution >= 4 is 17.3 Å². The molecule has 5 N–H and O–H groups in total. The lowest BCUT2D eigenvalue weighted by molar-refractivity contribution is -0.137. The number of rotatable bonds is 2. The van der Waals surface area contributed by atoms with E-state index in [1.807, 2.05) is 0 Å². The molecule has 5 rings (SSSR count). The molecule has 0 amide bonds. The van der Waals surface area contributed by atoms with Crippen LogP contribution in [0.15, 0.2) is 35.3 Å². The van der Waals surface area contributed by atoms with Crippen molar-refractivity contribution in [3.8, 4) is 5.75 Å². The number of hydrogen-bond donors (Lipinski definition) is 4. The van der Waals surface area contributed by atoms with E-state index in [1.165, 1.54) is 6.07 Å². The van der Waals surface area contributed by atoms with Gasteiger partial charge in [-0.25, -0.2) is 9.38 Å². The molecule has 2 fully saturated rings. The van der Waals surface area contributed by atoms with Crippen molar-refractivity contribution < 1.29 is 27.8 Å². The van der Waals surface area contributed by atoms with E-state index in [0.717, 1.165) is 61.8 Å². The summed E-state index contributed by atoms with van der Waals surface area (Å²) in [7, 11) is 0. The fraction of sp³-hybridized carbons (Fsp3) is 0.500. The Morgan fingerprint density at radius 1 is 1.14 bits per heavy atom. The maximum atomic E-state index is 13.5. The third-order valence-electron chi connectivity index (χ3n) is 8.52. The molecule has 3 aliphatic rings. The number of halogens is 4. The Hall–Kier alpha value is -2.81. The molecule has 188 valence electrons. The maximum Gasteiger partial charge on any atom is 0.418 e. The maximum absolute atomic E-state index is 13.5. The number of nitrogens with two attached hydrogens (primary N) is 1. The minimum Gasteiger partial charge on any atom is -0.508 e. The topological polar surface area (TPSA) is 90.9 Å². The van der Waals surface area contributed by atoms with Crippen molar-refractivity contribution in [1.29, 1.82) is 0 Å². The molecule has 0 spiro atoms. The van der Waals surface area contributed by atoms with Crippen molar-refractivity contribution in [2.75, 3.05) is 5.32 Å². The second kappa shape index (κ2) is 8.40. The summed E-state index contributed by atoms with van der Waals surface area (Å²) in [5, 5.41) is 23.9. The van der Waals surface area contributed by atoms with Crippen LogP contribution in [0.3, 0.4) is 0 Å². The van der Waals surface area contributed by atoms with Crippen LogP contribution in [-0.2, 0) is 12.6 Å². The van der Waals surface area contributed by atoms with Crippen molar-refractivity contribution in [3.05, 3.63) is 52.8 Å². The molecule has 2 aromatic rings. The van der Waals surface area contributed by atoms with Crippen LogP contribution in [0.4, 0.5) is 28.9 Å². The number of alkyl halides is 3. The van der Waals surface area contributed by atoms with E-state index < -0.39 is 23.2 Å². The Balaban J connectivity index is 1.49. The number of phenols is 1. The molecule has 9 heteroatoms. The predicted octanol–water partition coefficient (Wildman–Crippen LogP) is 5.83. The fourth-order valence-corrected chi connectivity index (χ4v) is 6.92. The Labute approximate surface area is 201 Å². The molecule has 1 unspecified atom stereocenters. The van der Waals surface area contributed by atoms with Crippen LogP contribution < -0.4 is 11.1 Å². The number of aromatic hydroxyl groups is 1. The first kappa shape index (κ1) is 23.9. The molecule has 5 nitrogen and oxygen atoms in total. The summed E-state index contributed by atoms with van der Waals surface area (Å²) in [5.74, 6) is -0.311. The van der Waals surface area contributed by atoms with Gasteiger partial charge in [0.1, 0.15) is 11.6 Å². The summed E-state index contributed by atoms with van der Waals surface area (Å²) >= 11 is 0. The molecular formula is C26H29F4N3O2. The van der Waals surface area contributed by atoms with Gasteiger partial charge in [-0.05, 0) is 97.1 Å². The summed E-state index contributed by atoms with van der Waals surface area (Å²) in [6.45, 7) is 2.18. The molecule has 3 aliphatic carbocycles. The zero-order valence-corrected chi connectivity index (χ0v) is 19.4. The van der Waals surface area contributed by atoms with Gasteiger partial charge in [0.2, 0.25) is 0 Å². The third kappa shape index (κ3) is 4.13. The highest BCUT2D eigenvalue weighted by Gasteiger charge is 2.54. The number of aryl methyl sites for hydroxylation is 1. The largest absolute Gasteiger partial charge is 0.508 e. The monoisotopic (exact) mass is 491 g/mol. The van der Waals surface area contributed by atoms with Crippen LogP contribution in [0.5, 0.6) is 5.75 Å². The average Bonchev–Trinajstić information content (AvgIpc) is 3.08. The quantitative estimate of drug-likeness (QED) is 0.242. The number of phenolic OH excluding ortho intramolecular Hbond substituents is 1. The average molecular weight is 492 g/mol. The van der Waals surface area contributed by atoms with Crippen LogP contribution in [0.2, 0.25) is 0 Å². The first-order valence-corrected chi connectivity index (χ1v) is 12.0. The number of hydrogen-bond acceptors (Lipinski definition) is 3. The molecule has 35 heavy (non-hydrogen) atoms. The molecule has 5 atom stereocenters. The van der Waals surface area contributed by atoms with E-state index in [2.05, 4.69) is 17.2 Å². The molecule has 0 heterocycles. The van der Waals surface area contributed by atoms with Crippen molar-refractivity contribution in [1.82, 2.24) is 0 Å². The molecule has 2 saturated carbocycles. The summed E-state index contributed by atoms with van der Waals surface area (Å²) in [6, 6.07) is 5.49. The highest BCUT2D eigenvalue weighted by Crippen LogP contribution is 2.61. The molecule has 0 saturated heterocycles. The molecule has 0 radical (unpaired) electrons. The van der Waals surface area contributed by atoms with Crippen LogP contribution >= 0.6 is 0 Å². The zero-order valence-electron chi connectivity index (χ0n) is 19.4. The number of aliphatic imine (C=N–C) groups is 1. The number of aliphatic hydroxyl groups excluding tert-OH is 1. The first-order valence-electron chi connectivity index (χ1n) is 12.0. The number of nitrogens with zero attached hydrogens (tertiary/aromatic N) is 1. The molecule has 0 aromatic heterocycles. The number of nitrogens with one attached hydrogen (secondary N) is 1. The highest BCUT2D eigenvalue weighted by molar-refractivity contribution is 5.95. The normalized spacial score (nSPS) is 30.4. The van der Waals surface area contributed by atoms with E-state index >= 15 is 0 Å². The Bertz CT molecular complexity index is 1180. The van der Waals surface area contributed by atoms with Gasteiger partial charge in [0, 0.05) is 11.8 Å². The second-order valence-corrected chi connectivity index (χ2v) is 10.4. The van der Waals surface area contributed by atoms with Gasteiger partial charge in [-0.2, -0.15) is 13.2 Å². The lowest BCUT2D eigenvalue weighted by Crippen LogP contribution is -2.44. The van der Waals surface area contributed by atoms with E-state index in [-0.39, 0.29) is 29.1 Å². The van der Waals surface area contributed by atoms with Crippen molar-refractivity contribution in [2.24, 2.45) is 28.0 Å². The standard InChI is InChI=1S/C26H29F4N3O2/c1-25-9-8-17-16(18(25)5-7-22(25)35)4-2-13-10-15(34)12-21(23(13)17)33-24(31)32-20-6-3-14(27)11-19(20)26(28,29)30/h3,6,10-12,16-18,22,34-35H,2,4-5,7-9H2,1H3,(H3,31,32,33)/t16-,17+,18+,22?,25+/m1/s1. The summed E-state index contributed by atoms with van der Waals surface area (Å²) in [5.41, 5.74) is 6.74. The summed E-state index contributed by atoms with van der Waals surface area (Å²) in [6.07, 6.45) is 0.159. The van der Waals surface area contributed by atoms with Gasteiger partial charge in [0.25, 0.3) is 0 Å². The highest BCUT2D eigenvalue weighted by atomic mass is 19.4. The smallest absolute Gasteiger partial charge is 0.418 e. The van der Waals surface area contributed by atoms with Crippen LogP contribution in [-0.4, -0.2) is 22.3 Å².